The van der Waals surface area contributed by atoms with Gasteiger partial charge in [0.05, 0.1) is 22.2 Å². The second kappa shape index (κ2) is 9.17. The Bertz CT molecular complexity index is 2010. The van der Waals surface area contributed by atoms with E-state index in [1.54, 1.807) is 24.3 Å². The van der Waals surface area contributed by atoms with Crippen LogP contribution in [0.15, 0.2) is 95.2 Å². The van der Waals surface area contributed by atoms with Crippen LogP contribution in [0.2, 0.25) is 0 Å². The van der Waals surface area contributed by atoms with E-state index in [4.69, 9.17) is 0 Å². The number of benzene rings is 2. The van der Waals surface area contributed by atoms with Crippen molar-refractivity contribution in [3.05, 3.63) is 108 Å². The maximum Gasteiger partial charge on any atom is 0.269 e. The minimum atomic E-state index is -3.93. The number of hydrogen-bond acceptors (Lipinski definition) is 9. The number of carbonyl (C=O) groups is 1. The van der Waals surface area contributed by atoms with E-state index in [1.807, 2.05) is 13.8 Å². The fraction of sp³-hybridized carbons (Fsp3) is 0.0741. The molecular weight excluding hydrogens is 552 g/mol. The van der Waals surface area contributed by atoms with Crippen molar-refractivity contribution < 1.29 is 21.6 Å². The summed E-state index contributed by atoms with van der Waals surface area (Å²) in [4.78, 5) is 30.4. The van der Waals surface area contributed by atoms with Gasteiger partial charge < -0.3 is 0 Å². The molecular formula is C27H20N6O5S2. The molecule has 200 valence electrons. The Morgan fingerprint density at radius 3 is 1.35 bits per heavy atom. The number of rotatable bonds is 6. The molecule has 2 aromatic carbocycles. The predicted octanol–water partition coefficient (Wildman–Crippen LogP) is 3.50. The van der Waals surface area contributed by atoms with Crippen molar-refractivity contribution in [1.29, 1.82) is 0 Å². The molecule has 6 rings (SSSR count). The summed E-state index contributed by atoms with van der Waals surface area (Å²) >= 11 is 0. The van der Waals surface area contributed by atoms with Crippen molar-refractivity contribution in [3.8, 4) is 0 Å². The highest BCUT2D eigenvalue weighted by molar-refractivity contribution is 7.90. The zero-order valence-corrected chi connectivity index (χ0v) is 22.8. The van der Waals surface area contributed by atoms with Crippen molar-refractivity contribution in [3.63, 3.8) is 0 Å². The predicted molar refractivity (Wildman–Crippen MR) is 146 cm³/mol. The smallest absolute Gasteiger partial charge is 0.269 e. The second-order valence-corrected chi connectivity index (χ2v) is 12.7. The van der Waals surface area contributed by atoms with Gasteiger partial charge in [-0.2, -0.15) is 0 Å². The highest BCUT2D eigenvalue weighted by Gasteiger charge is 2.24. The van der Waals surface area contributed by atoms with Gasteiger partial charge in [-0.3, -0.25) is 4.79 Å². The normalized spacial score (nSPS) is 12.2. The van der Waals surface area contributed by atoms with Crippen LogP contribution < -0.4 is 0 Å². The van der Waals surface area contributed by atoms with E-state index >= 15 is 0 Å². The van der Waals surface area contributed by atoms with E-state index in [0.29, 0.717) is 0 Å². The van der Waals surface area contributed by atoms with E-state index in [-0.39, 0.29) is 43.5 Å². The lowest BCUT2D eigenvalue weighted by molar-refractivity contribution is 0.102. The fourth-order valence-electron chi connectivity index (χ4n) is 4.16. The molecule has 0 aliphatic carbocycles. The molecule has 0 atom stereocenters. The minimum absolute atomic E-state index is 0.0667. The quantitative estimate of drug-likeness (QED) is 0.274. The number of carbonyl (C=O) groups excluding carboxylic acids is 1. The first-order chi connectivity index (χ1) is 19.1. The van der Waals surface area contributed by atoms with E-state index in [1.165, 1.54) is 61.2 Å². The van der Waals surface area contributed by atoms with Crippen molar-refractivity contribution in [2.24, 2.45) is 0 Å². The van der Waals surface area contributed by atoms with Crippen LogP contribution in [-0.2, 0) is 20.0 Å². The molecule has 11 nitrogen and oxygen atoms in total. The van der Waals surface area contributed by atoms with Crippen LogP contribution in [-0.4, -0.2) is 50.5 Å². The molecule has 0 aliphatic rings. The third-order valence-electron chi connectivity index (χ3n) is 6.33. The van der Waals surface area contributed by atoms with Gasteiger partial charge in [-0.25, -0.2) is 44.7 Å². The number of hydrogen-bond donors (Lipinski definition) is 0. The molecule has 0 N–H and O–H groups in total. The van der Waals surface area contributed by atoms with E-state index in [2.05, 4.69) is 19.9 Å². The Labute approximate surface area is 228 Å². The third kappa shape index (κ3) is 4.15. The number of nitrogens with zero attached hydrogens (tertiary/aromatic N) is 6. The summed E-state index contributed by atoms with van der Waals surface area (Å²) in [6, 6.07) is 15.7. The largest absolute Gasteiger partial charge is 0.285 e. The summed E-state index contributed by atoms with van der Waals surface area (Å²) in [5, 5.41) is 0. The van der Waals surface area contributed by atoms with Crippen LogP contribution in [0.25, 0.3) is 22.3 Å². The molecule has 0 saturated carbocycles. The number of ketones is 1. The van der Waals surface area contributed by atoms with E-state index in [9.17, 15) is 21.6 Å². The summed E-state index contributed by atoms with van der Waals surface area (Å²) in [5.74, 6) is -0.605. The van der Waals surface area contributed by atoms with Crippen molar-refractivity contribution in [2.75, 3.05) is 0 Å². The molecule has 4 aromatic heterocycles. The van der Waals surface area contributed by atoms with Crippen LogP contribution >= 0.6 is 0 Å². The number of fused-ring (bicyclic) bond motifs is 2. The van der Waals surface area contributed by atoms with Crippen LogP contribution in [0.4, 0.5) is 0 Å². The second-order valence-electron chi connectivity index (χ2n) is 9.12. The molecule has 0 bridgehead atoms. The maximum absolute atomic E-state index is 13.2. The van der Waals surface area contributed by atoms with Crippen molar-refractivity contribution >= 4 is 48.2 Å². The van der Waals surface area contributed by atoms with Gasteiger partial charge in [-0.1, -0.05) is 35.4 Å². The molecule has 0 saturated heterocycles. The maximum atomic E-state index is 13.2. The van der Waals surface area contributed by atoms with Gasteiger partial charge >= 0.3 is 0 Å². The minimum Gasteiger partial charge on any atom is -0.285 e. The monoisotopic (exact) mass is 572 g/mol. The first-order valence-corrected chi connectivity index (χ1v) is 14.8. The topological polar surface area (TPSA) is 147 Å². The molecule has 0 aliphatic heterocycles. The molecule has 13 heteroatoms. The van der Waals surface area contributed by atoms with Crippen LogP contribution in [0.3, 0.4) is 0 Å². The van der Waals surface area contributed by atoms with Gasteiger partial charge in [-0.05, 0) is 50.2 Å². The Balaban J connectivity index is 1.33. The molecule has 6 aromatic rings. The van der Waals surface area contributed by atoms with Crippen molar-refractivity contribution in [1.82, 2.24) is 27.9 Å². The highest BCUT2D eigenvalue weighted by atomic mass is 32.2. The summed E-state index contributed by atoms with van der Waals surface area (Å²) in [6.45, 7) is 3.72. The highest BCUT2D eigenvalue weighted by Crippen LogP contribution is 2.23. The van der Waals surface area contributed by atoms with Gasteiger partial charge in [0.15, 0.2) is 11.3 Å². The average molecular weight is 573 g/mol. The first kappa shape index (κ1) is 25.5. The van der Waals surface area contributed by atoms with Gasteiger partial charge in [0, 0.05) is 12.4 Å². The Morgan fingerprint density at radius 1 is 0.600 bits per heavy atom. The fourth-order valence-corrected chi connectivity index (χ4v) is 6.75. The first-order valence-electron chi connectivity index (χ1n) is 11.9. The molecule has 0 spiro atoms. The van der Waals surface area contributed by atoms with Gasteiger partial charge in [0.1, 0.15) is 22.4 Å². The summed E-state index contributed by atoms with van der Waals surface area (Å²) < 4.78 is 54.5. The zero-order valence-electron chi connectivity index (χ0n) is 21.1. The van der Waals surface area contributed by atoms with E-state index < -0.39 is 25.8 Å². The zero-order chi connectivity index (χ0) is 28.2. The Kier molecular flexibility index (Phi) is 5.85. The van der Waals surface area contributed by atoms with Crippen LogP contribution in [0.1, 0.15) is 27.3 Å². The van der Waals surface area contributed by atoms with Crippen LogP contribution in [0.5, 0.6) is 0 Å². The SMILES string of the molecule is Cc1ccc(S(=O)(=O)n2ccc3nc(C(=O)c4cnc5c(ccn5S(=O)(=O)c5ccc(C)cc5)n4)cnc32)cc1. The lowest BCUT2D eigenvalue weighted by Crippen LogP contribution is -2.14. The van der Waals surface area contributed by atoms with Gasteiger partial charge in [0.2, 0.25) is 5.78 Å². The van der Waals surface area contributed by atoms with Gasteiger partial charge in [-0.15, -0.1) is 0 Å². The Hall–Kier alpha value is -4.75. The standard InChI is InChI=1S/C27H20N6O5S2/c1-17-3-7-19(8-4-17)39(35,36)32-13-11-21-26(32)28-15-23(30-21)25(34)24-16-29-27-22(31-24)12-14-33(27)40(37,38)20-9-5-18(2)6-10-20/h3-16H,1-2H3. The number of aryl methyl sites for hydroxylation is 2. The summed E-state index contributed by atoms with van der Waals surface area (Å²) in [6.07, 6.45) is 5.00. The van der Waals surface area contributed by atoms with Crippen molar-refractivity contribution in [2.45, 2.75) is 23.6 Å². The molecule has 40 heavy (non-hydrogen) atoms. The average Bonchev–Trinajstić information content (AvgIpc) is 3.57. The Morgan fingerprint density at radius 2 is 0.975 bits per heavy atom. The molecule has 0 radical (unpaired) electrons. The summed E-state index contributed by atoms with van der Waals surface area (Å²) in [7, 11) is -7.85. The van der Waals surface area contributed by atoms with Gasteiger partial charge in [0.25, 0.3) is 20.0 Å². The van der Waals surface area contributed by atoms with Crippen LogP contribution in [0, 0.1) is 13.8 Å². The lowest BCUT2D eigenvalue weighted by atomic mass is 10.2. The van der Waals surface area contributed by atoms with E-state index in [0.717, 1.165) is 19.1 Å². The number of aromatic nitrogens is 6. The molecule has 0 fully saturated rings. The molecule has 4 heterocycles. The molecule has 0 unspecified atom stereocenters. The summed E-state index contributed by atoms with van der Waals surface area (Å²) in [5.41, 5.74) is 2.23. The lowest BCUT2D eigenvalue weighted by Gasteiger charge is -2.08. The third-order valence-corrected chi connectivity index (χ3v) is 9.69. The molecule has 0 amide bonds.